The minimum Gasteiger partial charge on any atom is -0.545 e. The van der Waals surface area contributed by atoms with Crippen LogP contribution in [0.5, 0.6) is 0 Å². The van der Waals surface area contributed by atoms with Crippen LogP contribution in [0.25, 0.3) is 0 Å². The highest BCUT2D eigenvalue weighted by Gasteiger charge is 1.96. The average Bonchev–Trinajstić information content (AvgIpc) is 2.43. The van der Waals surface area contributed by atoms with Gasteiger partial charge < -0.3 is 9.90 Å². The summed E-state index contributed by atoms with van der Waals surface area (Å²) in [5.74, 6) is -1.09. The SMILES string of the molecule is C=C(CCCCCCCCCCCCCCC)C(=O)[O-]. The van der Waals surface area contributed by atoms with Gasteiger partial charge in [0.1, 0.15) is 0 Å². The van der Waals surface area contributed by atoms with Crippen LogP contribution in [0.15, 0.2) is 12.2 Å². The molecule has 0 aromatic heterocycles. The van der Waals surface area contributed by atoms with Gasteiger partial charge >= 0.3 is 0 Å². The molecule has 0 bridgehead atoms. The van der Waals surface area contributed by atoms with Gasteiger partial charge in [-0.05, 0) is 18.4 Å². The van der Waals surface area contributed by atoms with E-state index in [-0.39, 0.29) is 5.57 Å². The Kier molecular flexibility index (Phi) is 14.0. The standard InChI is InChI=1S/C18H34O2/c1-3-4-5-6-7-8-9-10-11-12-13-14-15-16-17(2)18(19)20/h2-16H2,1H3,(H,19,20)/p-1. The van der Waals surface area contributed by atoms with E-state index in [1.54, 1.807) is 0 Å². The van der Waals surface area contributed by atoms with Crippen LogP contribution in [0.1, 0.15) is 96.8 Å². The molecule has 0 amide bonds. The number of unbranched alkanes of at least 4 members (excludes halogenated alkanes) is 12. The predicted molar refractivity (Wildman–Crippen MR) is 84.5 cm³/mol. The van der Waals surface area contributed by atoms with Crippen molar-refractivity contribution in [2.45, 2.75) is 96.8 Å². The zero-order chi connectivity index (χ0) is 15.1. The summed E-state index contributed by atoms with van der Waals surface area (Å²) in [6, 6.07) is 0. The zero-order valence-electron chi connectivity index (χ0n) is 13.4. The van der Waals surface area contributed by atoms with Crippen molar-refractivity contribution in [2.24, 2.45) is 0 Å². The van der Waals surface area contributed by atoms with Crippen molar-refractivity contribution in [1.29, 1.82) is 0 Å². The third-order valence-corrected chi connectivity index (χ3v) is 3.87. The van der Waals surface area contributed by atoms with Gasteiger partial charge in [0.25, 0.3) is 0 Å². The molecule has 0 fully saturated rings. The molecule has 0 aliphatic carbocycles. The average molecular weight is 281 g/mol. The van der Waals surface area contributed by atoms with Crippen LogP contribution in [-0.4, -0.2) is 5.97 Å². The van der Waals surface area contributed by atoms with Gasteiger partial charge in [0, 0.05) is 0 Å². The highest BCUT2D eigenvalue weighted by Crippen LogP contribution is 2.13. The Morgan fingerprint density at radius 2 is 1.10 bits per heavy atom. The lowest BCUT2D eigenvalue weighted by Crippen LogP contribution is -2.23. The molecule has 0 saturated heterocycles. The van der Waals surface area contributed by atoms with Crippen LogP contribution in [0.3, 0.4) is 0 Å². The van der Waals surface area contributed by atoms with Crippen LogP contribution in [0.4, 0.5) is 0 Å². The highest BCUT2D eigenvalue weighted by atomic mass is 16.4. The van der Waals surface area contributed by atoms with E-state index in [9.17, 15) is 9.90 Å². The second-order valence-corrected chi connectivity index (χ2v) is 5.88. The third kappa shape index (κ3) is 13.6. The number of hydrogen-bond donors (Lipinski definition) is 0. The van der Waals surface area contributed by atoms with Crippen LogP contribution in [0, 0.1) is 0 Å². The molecule has 2 nitrogen and oxygen atoms in total. The minimum atomic E-state index is -1.09. The van der Waals surface area contributed by atoms with Gasteiger partial charge in [0.05, 0.1) is 5.97 Å². The summed E-state index contributed by atoms with van der Waals surface area (Å²) in [5, 5.41) is 10.4. The lowest BCUT2D eigenvalue weighted by atomic mass is 10.0. The van der Waals surface area contributed by atoms with Crippen molar-refractivity contribution in [1.82, 2.24) is 0 Å². The van der Waals surface area contributed by atoms with Crippen molar-refractivity contribution in [3.8, 4) is 0 Å². The Morgan fingerprint density at radius 3 is 1.45 bits per heavy atom. The molecule has 0 saturated carbocycles. The van der Waals surface area contributed by atoms with Crippen LogP contribution < -0.4 is 5.11 Å². The Bertz CT molecular complexity index is 246. The van der Waals surface area contributed by atoms with Gasteiger partial charge in [-0.25, -0.2) is 0 Å². The van der Waals surface area contributed by atoms with Crippen LogP contribution in [0.2, 0.25) is 0 Å². The fourth-order valence-corrected chi connectivity index (χ4v) is 2.46. The van der Waals surface area contributed by atoms with Crippen LogP contribution >= 0.6 is 0 Å². The van der Waals surface area contributed by atoms with Gasteiger partial charge in [-0.1, -0.05) is 90.6 Å². The van der Waals surface area contributed by atoms with E-state index in [1.807, 2.05) is 0 Å². The Hall–Kier alpha value is -0.790. The summed E-state index contributed by atoms with van der Waals surface area (Å²) in [4.78, 5) is 10.4. The van der Waals surface area contributed by atoms with Gasteiger partial charge in [-0.15, -0.1) is 0 Å². The molecule has 2 heteroatoms. The van der Waals surface area contributed by atoms with Crippen molar-refractivity contribution in [3.63, 3.8) is 0 Å². The maximum Gasteiger partial charge on any atom is 0.0668 e. The molecule has 118 valence electrons. The van der Waals surface area contributed by atoms with Gasteiger partial charge in [0.15, 0.2) is 0 Å². The third-order valence-electron chi connectivity index (χ3n) is 3.87. The molecule has 0 aliphatic heterocycles. The number of aliphatic carboxylic acids is 1. The first kappa shape index (κ1) is 19.2. The summed E-state index contributed by atoms with van der Waals surface area (Å²) in [7, 11) is 0. The molecule has 0 rings (SSSR count). The van der Waals surface area contributed by atoms with E-state index in [2.05, 4.69) is 13.5 Å². The number of carboxylic acids is 1. The highest BCUT2D eigenvalue weighted by molar-refractivity contribution is 5.83. The molecule has 0 aromatic carbocycles. The van der Waals surface area contributed by atoms with Gasteiger partial charge in [-0.3, -0.25) is 0 Å². The molecular formula is C18H33O2-. The molecule has 0 aliphatic rings. The number of rotatable bonds is 15. The fourth-order valence-electron chi connectivity index (χ4n) is 2.46. The first-order valence-corrected chi connectivity index (χ1v) is 8.57. The molecule has 0 heterocycles. The molecule has 0 unspecified atom stereocenters. The van der Waals surface area contributed by atoms with Crippen molar-refractivity contribution < 1.29 is 9.90 Å². The topological polar surface area (TPSA) is 40.1 Å². The minimum absolute atomic E-state index is 0.244. The number of hydrogen-bond acceptors (Lipinski definition) is 2. The van der Waals surface area contributed by atoms with Crippen molar-refractivity contribution in [3.05, 3.63) is 12.2 Å². The summed E-state index contributed by atoms with van der Waals surface area (Å²) in [5.41, 5.74) is 0.244. The van der Waals surface area contributed by atoms with E-state index in [4.69, 9.17) is 0 Å². The number of carbonyl (C=O) groups is 1. The second-order valence-electron chi connectivity index (χ2n) is 5.88. The van der Waals surface area contributed by atoms with E-state index < -0.39 is 5.97 Å². The van der Waals surface area contributed by atoms with Gasteiger partial charge in [-0.2, -0.15) is 0 Å². The Morgan fingerprint density at radius 1 is 0.750 bits per heavy atom. The smallest absolute Gasteiger partial charge is 0.0668 e. The summed E-state index contributed by atoms with van der Waals surface area (Å²) < 4.78 is 0. The van der Waals surface area contributed by atoms with E-state index in [1.165, 1.54) is 70.6 Å². The predicted octanol–water partition coefficient (Wildman–Crippen LogP) is 4.77. The fraction of sp³-hybridized carbons (Fsp3) is 0.833. The largest absolute Gasteiger partial charge is 0.545 e. The summed E-state index contributed by atoms with van der Waals surface area (Å²) in [6.45, 7) is 5.74. The molecule has 0 N–H and O–H groups in total. The zero-order valence-corrected chi connectivity index (χ0v) is 13.4. The summed E-state index contributed by atoms with van der Waals surface area (Å²) >= 11 is 0. The Balaban J connectivity index is 3.06. The molecule has 0 atom stereocenters. The van der Waals surface area contributed by atoms with E-state index >= 15 is 0 Å². The normalized spacial score (nSPS) is 10.7. The van der Waals surface area contributed by atoms with E-state index in [0.29, 0.717) is 6.42 Å². The van der Waals surface area contributed by atoms with Crippen molar-refractivity contribution in [2.75, 3.05) is 0 Å². The first-order valence-electron chi connectivity index (χ1n) is 8.57. The molecule has 20 heavy (non-hydrogen) atoms. The monoisotopic (exact) mass is 281 g/mol. The number of carboxylic acid groups (broad SMARTS) is 1. The second kappa shape index (κ2) is 14.6. The summed E-state index contributed by atoms with van der Waals surface area (Å²) in [6.07, 6.45) is 17.6. The molecule has 0 aromatic rings. The first-order chi connectivity index (χ1) is 9.68. The maximum atomic E-state index is 10.4. The number of carbonyl (C=O) groups excluding carboxylic acids is 1. The van der Waals surface area contributed by atoms with E-state index in [0.717, 1.165) is 12.8 Å². The van der Waals surface area contributed by atoms with Crippen molar-refractivity contribution >= 4 is 5.97 Å². The lowest BCUT2D eigenvalue weighted by molar-refractivity contribution is -0.299. The lowest BCUT2D eigenvalue weighted by Gasteiger charge is -2.06. The Labute approximate surface area is 125 Å². The quantitative estimate of drug-likeness (QED) is 0.320. The van der Waals surface area contributed by atoms with Crippen LogP contribution in [-0.2, 0) is 4.79 Å². The molecular weight excluding hydrogens is 248 g/mol. The molecule has 0 radical (unpaired) electrons. The van der Waals surface area contributed by atoms with Gasteiger partial charge in [0.2, 0.25) is 0 Å². The molecule has 0 spiro atoms. The maximum absolute atomic E-state index is 10.4.